The number of aliphatic hydroxyl groups is 1. The molecule has 1 rings (SSSR count). The fraction of sp³-hybridized carbons (Fsp3) is 0.467. The summed E-state index contributed by atoms with van der Waals surface area (Å²) in [6.45, 7) is 5.28. The van der Waals surface area contributed by atoms with Crippen LogP contribution in [0.3, 0.4) is 0 Å². The highest BCUT2D eigenvalue weighted by Gasteiger charge is 2.19. The summed E-state index contributed by atoms with van der Waals surface area (Å²) in [4.78, 5) is 23.7. The molecule has 0 heterocycles. The van der Waals surface area contributed by atoms with Crippen molar-refractivity contribution in [2.45, 2.75) is 39.7 Å². The molecule has 0 radical (unpaired) electrons. The Morgan fingerprint density at radius 2 is 1.90 bits per heavy atom. The number of amides is 2. The van der Waals surface area contributed by atoms with Gasteiger partial charge in [0.15, 0.2) is 0 Å². The molecule has 0 aliphatic rings. The Kier molecular flexibility index (Phi) is 6.65. The highest BCUT2D eigenvalue weighted by Crippen LogP contribution is 2.29. The third kappa shape index (κ3) is 4.44. The average Bonchev–Trinajstić information content (AvgIpc) is 2.47. The Morgan fingerprint density at radius 3 is 2.43 bits per heavy atom. The van der Waals surface area contributed by atoms with Gasteiger partial charge in [-0.1, -0.05) is 31.5 Å². The summed E-state index contributed by atoms with van der Waals surface area (Å²) in [6.07, 6.45) is 1.37. The quantitative estimate of drug-likeness (QED) is 0.727. The Morgan fingerprint density at radius 1 is 1.24 bits per heavy atom. The fourth-order valence-corrected chi connectivity index (χ4v) is 2.26. The first-order valence-electron chi connectivity index (χ1n) is 6.97. The average molecular weight is 313 g/mol. The number of halogens is 1. The van der Waals surface area contributed by atoms with Crippen LogP contribution in [-0.2, 0) is 22.4 Å². The normalized spacial score (nSPS) is 11.9. The summed E-state index contributed by atoms with van der Waals surface area (Å²) >= 11 is 6.14. The van der Waals surface area contributed by atoms with E-state index in [0.717, 1.165) is 11.1 Å². The van der Waals surface area contributed by atoms with E-state index in [1.807, 2.05) is 19.9 Å². The second-order valence-corrected chi connectivity index (χ2v) is 5.19. The molecule has 1 aromatic carbocycles. The van der Waals surface area contributed by atoms with Crippen LogP contribution < -0.4 is 10.6 Å². The monoisotopic (exact) mass is 312 g/mol. The van der Waals surface area contributed by atoms with E-state index in [-0.39, 0.29) is 6.61 Å². The van der Waals surface area contributed by atoms with Crippen molar-refractivity contribution >= 4 is 29.1 Å². The molecule has 0 aliphatic carbocycles. The SMILES string of the molecule is CCc1ccc(Cl)c(CC)c1NC(=O)C(=O)NC(C)CO. The molecule has 1 aromatic rings. The number of benzene rings is 1. The molecule has 5 nitrogen and oxygen atoms in total. The zero-order valence-corrected chi connectivity index (χ0v) is 13.3. The molecule has 116 valence electrons. The van der Waals surface area contributed by atoms with Gasteiger partial charge in [-0.15, -0.1) is 0 Å². The Balaban J connectivity index is 2.98. The third-order valence-electron chi connectivity index (χ3n) is 3.17. The maximum atomic E-state index is 12.0. The molecule has 0 spiro atoms. The minimum Gasteiger partial charge on any atom is -0.394 e. The summed E-state index contributed by atoms with van der Waals surface area (Å²) in [5.41, 5.74) is 2.34. The molecule has 0 saturated heterocycles. The number of aliphatic hydroxyl groups excluding tert-OH is 1. The molecule has 2 amide bonds. The van der Waals surface area contributed by atoms with Crippen LogP contribution in [0.4, 0.5) is 5.69 Å². The van der Waals surface area contributed by atoms with Crippen molar-refractivity contribution in [3.8, 4) is 0 Å². The van der Waals surface area contributed by atoms with Gasteiger partial charge in [0.25, 0.3) is 0 Å². The zero-order valence-electron chi connectivity index (χ0n) is 12.5. The van der Waals surface area contributed by atoms with Crippen LogP contribution in [0.5, 0.6) is 0 Å². The van der Waals surface area contributed by atoms with E-state index >= 15 is 0 Å². The number of rotatable bonds is 5. The molecule has 0 saturated carbocycles. The lowest BCUT2D eigenvalue weighted by molar-refractivity contribution is -0.136. The first-order valence-corrected chi connectivity index (χ1v) is 7.35. The number of hydrogen-bond acceptors (Lipinski definition) is 3. The molecule has 0 fully saturated rings. The maximum absolute atomic E-state index is 12.0. The lowest BCUT2D eigenvalue weighted by Crippen LogP contribution is -2.42. The molecule has 0 bridgehead atoms. The summed E-state index contributed by atoms with van der Waals surface area (Å²) in [6, 6.07) is 3.16. The minimum absolute atomic E-state index is 0.226. The largest absolute Gasteiger partial charge is 0.394 e. The van der Waals surface area contributed by atoms with E-state index in [0.29, 0.717) is 23.6 Å². The number of carbonyl (C=O) groups is 2. The zero-order chi connectivity index (χ0) is 16.0. The highest BCUT2D eigenvalue weighted by molar-refractivity contribution is 6.40. The van der Waals surface area contributed by atoms with Gasteiger partial charge >= 0.3 is 11.8 Å². The molecule has 0 aliphatic heterocycles. The van der Waals surface area contributed by atoms with Crippen molar-refractivity contribution in [1.82, 2.24) is 5.32 Å². The van der Waals surface area contributed by atoms with E-state index in [9.17, 15) is 9.59 Å². The first kappa shape index (κ1) is 17.5. The third-order valence-corrected chi connectivity index (χ3v) is 3.53. The Bertz CT molecular complexity index is 532. The van der Waals surface area contributed by atoms with Crippen molar-refractivity contribution < 1.29 is 14.7 Å². The molecule has 0 aromatic heterocycles. The van der Waals surface area contributed by atoms with Crippen molar-refractivity contribution in [2.24, 2.45) is 0 Å². The molecule has 3 N–H and O–H groups in total. The van der Waals surface area contributed by atoms with Gasteiger partial charge in [0.1, 0.15) is 0 Å². The van der Waals surface area contributed by atoms with Crippen LogP contribution in [0, 0.1) is 0 Å². The van der Waals surface area contributed by atoms with Gasteiger partial charge < -0.3 is 15.7 Å². The second-order valence-electron chi connectivity index (χ2n) is 4.78. The van der Waals surface area contributed by atoms with Crippen LogP contribution in [0.15, 0.2) is 12.1 Å². The summed E-state index contributed by atoms with van der Waals surface area (Å²) in [5, 5.41) is 14.5. The number of aryl methyl sites for hydroxylation is 1. The summed E-state index contributed by atoms with van der Waals surface area (Å²) in [7, 11) is 0. The van der Waals surface area contributed by atoms with Gasteiger partial charge in [0, 0.05) is 16.8 Å². The molecule has 6 heteroatoms. The molecule has 1 unspecified atom stereocenters. The first-order chi connectivity index (χ1) is 9.94. The number of anilines is 1. The second kappa shape index (κ2) is 8.00. The van der Waals surface area contributed by atoms with Gasteiger partial charge in [-0.05, 0) is 37.0 Å². The Hall–Kier alpha value is -1.59. The van der Waals surface area contributed by atoms with Crippen LogP contribution in [0.2, 0.25) is 5.02 Å². The molecule has 21 heavy (non-hydrogen) atoms. The maximum Gasteiger partial charge on any atom is 0.313 e. The van der Waals surface area contributed by atoms with E-state index in [1.165, 1.54) is 0 Å². The Labute approximate surface area is 129 Å². The van der Waals surface area contributed by atoms with Gasteiger partial charge in [0.2, 0.25) is 0 Å². The van der Waals surface area contributed by atoms with Crippen LogP contribution in [0.25, 0.3) is 0 Å². The standard InChI is InChI=1S/C15H21ClN2O3/c1-4-10-6-7-12(16)11(5-2)13(10)18-15(21)14(20)17-9(3)8-19/h6-7,9,19H,4-5,8H2,1-3H3,(H,17,20)(H,18,21). The lowest BCUT2D eigenvalue weighted by atomic mass is 10.0. The van der Waals surface area contributed by atoms with Gasteiger partial charge in [-0.25, -0.2) is 0 Å². The topological polar surface area (TPSA) is 78.4 Å². The molecular formula is C15H21ClN2O3. The van der Waals surface area contributed by atoms with Crippen molar-refractivity contribution in [3.63, 3.8) is 0 Å². The van der Waals surface area contributed by atoms with E-state index in [1.54, 1.807) is 13.0 Å². The molecular weight excluding hydrogens is 292 g/mol. The van der Waals surface area contributed by atoms with Crippen LogP contribution >= 0.6 is 11.6 Å². The predicted molar refractivity (Wildman–Crippen MR) is 83.5 cm³/mol. The predicted octanol–water partition coefficient (Wildman–Crippen LogP) is 1.90. The van der Waals surface area contributed by atoms with Crippen LogP contribution in [0.1, 0.15) is 31.9 Å². The summed E-state index contributed by atoms with van der Waals surface area (Å²) < 4.78 is 0. The van der Waals surface area contributed by atoms with Crippen LogP contribution in [-0.4, -0.2) is 29.6 Å². The van der Waals surface area contributed by atoms with Crippen molar-refractivity contribution in [2.75, 3.05) is 11.9 Å². The minimum atomic E-state index is -0.777. The number of carbonyl (C=O) groups excluding carboxylic acids is 2. The van der Waals surface area contributed by atoms with Gasteiger partial charge in [-0.3, -0.25) is 9.59 Å². The van der Waals surface area contributed by atoms with Crippen molar-refractivity contribution in [1.29, 1.82) is 0 Å². The van der Waals surface area contributed by atoms with Gasteiger partial charge in [0.05, 0.1) is 6.61 Å². The van der Waals surface area contributed by atoms with E-state index in [4.69, 9.17) is 16.7 Å². The highest BCUT2D eigenvalue weighted by atomic mass is 35.5. The van der Waals surface area contributed by atoms with E-state index in [2.05, 4.69) is 10.6 Å². The van der Waals surface area contributed by atoms with E-state index < -0.39 is 17.9 Å². The van der Waals surface area contributed by atoms with Gasteiger partial charge in [-0.2, -0.15) is 0 Å². The van der Waals surface area contributed by atoms with Crippen molar-refractivity contribution in [3.05, 3.63) is 28.3 Å². The fourth-order valence-electron chi connectivity index (χ4n) is 1.97. The number of hydrogen-bond donors (Lipinski definition) is 3. The summed E-state index contributed by atoms with van der Waals surface area (Å²) in [5.74, 6) is -1.54. The molecule has 1 atom stereocenters. The smallest absolute Gasteiger partial charge is 0.313 e. The number of nitrogens with one attached hydrogen (secondary N) is 2. The lowest BCUT2D eigenvalue weighted by Gasteiger charge is -2.16.